The first-order valence-corrected chi connectivity index (χ1v) is 27.8. The molecule has 81 heavy (non-hydrogen) atoms. The Morgan fingerprint density at radius 1 is 0.630 bits per heavy atom. The number of aryl methyl sites for hydroxylation is 1. The molecule has 4 aromatic rings. The monoisotopic (exact) mass is 1100 g/mol. The fourth-order valence-corrected chi connectivity index (χ4v) is 11.7. The van der Waals surface area contributed by atoms with Gasteiger partial charge in [-0.1, -0.05) is 30.7 Å². The van der Waals surface area contributed by atoms with Gasteiger partial charge < -0.3 is 43.9 Å². The zero-order valence-electron chi connectivity index (χ0n) is 45.6. The molecular weight excluding hydrogens is 1030 g/mol. The van der Waals surface area contributed by atoms with Crippen LogP contribution in [0.3, 0.4) is 0 Å². The molecule has 7 amide bonds. The van der Waals surface area contributed by atoms with Gasteiger partial charge in [-0.05, 0) is 110 Å². The van der Waals surface area contributed by atoms with Crippen molar-refractivity contribution in [3.05, 3.63) is 125 Å². The number of anilines is 1. The second-order valence-electron chi connectivity index (χ2n) is 21.2. The van der Waals surface area contributed by atoms with Gasteiger partial charge in [-0.2, -0.15) is 0 Å². The summed E-state index contributed by atoms with van der Waals surface area (Å²) in [6.07, 6.45) is 16.1. The van der Waals surface area contributed by atoms with E-state index in [0.29, 0.717) is 136 Å². The highest BCUT2D eigenvalue weighted by molar-refractivity contribution is 6.13. The number of carbonyl (C=O) groups excluding carboxylic acids is 7. The molecule has 1 N–H and O–H groups in total. The molecule has 1 unspecified atom stereocenters. The average molecular weight is 1100 g/mol. The molecule has 7 aliphatic rings. The summed E-state index contributed by atoms with van der Waals surface area (Å²) in [4.78, 5) is 110. The smallest absolute Gasteiger partial charge is 0.260 e. The van der Waals surface area contributed by atoms with Crippen LogP contribution in [0.5, 0.6) is 23.0 Å². The molecular formula is C62H64N8O11. The predicted octanol–water partition coefficient (Wildman–Crippen LogP) is 8.21. The number of aliphatic imine (C=N–C) groups is 2. The van der Waals surface area contributed by atoms with Gasteiger partial charge in [0.25, 0.3) is 23.6 Å². The largest absolute Gasteiger partial charge is 0.497 e. The molecule has 0 bridgehead atoms. The van der Waals surface area contributed by atoms with Crippen LogP contribution in [0.4, 0.5) is 17.1 Å². The molecule has 19 heteroatoms. The quantitative estimate of drug-likeness (QED) is 0.0699. The maximum atomic E-state index is 14.2. The Balaban J connectivity index is 0.651. The number of hydrogen-bond acceptors (Lipinski definition) is 13. The van der Waals surface area contributed by atoms with E-state index in [1.165, 1.54) is 24.2 Å². The van der Waals surface area contributed by atoms with Gasteiger partial charge in [0.2, 0.25) is 17.7 Å². The number of hydrogen-bond donors (Lipinski definition) is 1. The van der Waals surface area contributed by atoms with Gasteiger partial charge in [-0.25, -0.2) is 0 Å². The van der Waals surface area contributed by atoms with E-state index in [1.807, 2.05) is 86.2 Å². The van der Waals surface area contributed by atoms with Crippen LogP contribution in [0, 0.1) is 6.92 Å². The van der Waals surface area contributed by atoms with Crippen molar-refractivity contribution in [2.24, 2.45) is 9.98 Å². The number of carbonyl (C=O) groups is 7. The van der Waals surface area contributed by atoms with Crippen LogP contribution in [0.15, 0.2) is 107 Å². The normalized spacial score (nSPS) is 20.7. The maximum Gasteiger partial charge on any atom is 0.260 e. The summed E-state index contributed by atoms with van der Waals surface area (Å²) in [5, 5.41) is 3.01. The van der Waals surface area contributed by atoms with E-state index in [9.17, 15) is 33.6 Å². The zero-order chi connectivity index (χ0) is 56.3. The Kier molecular flexibility index (Phi) is 15.7. The first-order valence-electron chi connectivity index (χ1n) is 27.8. The Morgan fingerprint density at radius 3 is 1.84 bits per heavy atom. The van der Waals surface area contributed by atoms with Crippen LogP contribution < -0.4 is 24.3 Å². The number of unbranched alkanes of at least 4 members (excludes halogenated alkanes) is 2. The number of nitrogens with zero attached hydrogens (tertiary/aromatic N) is 7. The van der Waals surface area contributed by atoms with E-state index in [-0.39, 0.29) is 66.5 Å². The van der Waals surface area contributed by atoms with Crippen molar-refractivity contribution in [1.29, 1.82) is 0 Å². The lowest BCUT2D eigenvalue weighted by atomic mass is 10.0. The van der Waals surface area contributed by atoms with Gasteiger partial charge in [-0.3, -0.25) is 48.4 Å². The van der Waals surface area contributed by atoms with Gasteiger partial charge >= 0.3 is 0 Å². The lowest BCUT2D eigenvalue weighted by Gasteiger charge is -2.31. The van der Waals surface area contributed by atoms with Gasteiger partial charge in [0, 0.05) is 100 Å². The molecule has 19 nitrogen and oxygen atoms in total. The third-order valence-corrected chi connectivity index (χ3v) is 16.1. The minimum atomic E-state index is -0.668. The molecule has 7 heterocycles. The van der Waals surface area contributed by atoms with Crippen LogP contribution in [0.2, 0.25) is 0 Å². The Morgan fingerprint density at radius 2 is 1.21 bits per heavy atom. The summed E-state index contributed by atoms with van der Waals surface area (Å²) in [7, 11) is 3.16. The summed E-state index contributed by atoms with van der Waals surface area (Å²) in [5.74, 6) is 0.661. The molecule has 418 valence electrons. The van der Waals surface area contributed by atoms with Crippen molar-refractivity contribution >= 4 is 82.0 Å². The van der Waals surface area contributed by atoms with E-state index in [4.69, 9.17) is 28.9 Å². The Hall–Kier alpha value is -8.87. The Labute approximate surface area is 469 Å². The second kappa shape index (κ2) is 23.5. The molecule has 0 saturated carbocycles. The van der Waals surface area contributed by atoms with Crippen molar-refractivity contribution in [2.45, 2.75) is 102 Å². The van der Waals surface area contributed by atoms with Gasteiger partial charge in [0.05, 0.1) is 62.0 Å². The fourth-order valence-electron chi connectivity index (χ4n) is 11.7. The molecule has 0 spiro atoms. The number of amides is 7. The van der Waals surface area contributed by atoms with Crippen LogP contribution in [0.25, 0.3) is 11.1 Å². The highest BCUT2D eigenvalue weighted by atomic mass is 16.5. The number of ether oxygens (including phenoxy) is 4. The second-order valence-corrected chi connectivity index (χ2v) is 21.2. The molecule has 0 aliphatic carbocycles. The van der Waals surface area contributed by atoms with Crippen molar-refractivity contribution in [3.8, 4) is 23.0 Å². The number of nitrogens with one attached hydrogen (secondary N) is 1. The first kappa shape index (κ1) is 54.1. The summed E-state index contributed by atoms with van der Waals surface area (Å²) < 4.78 is 23.4. The maximum absolute atomic E-state index is 14.2. The first-order chi connectivity index (χ1) is 39.3. The van der Waals surface area contributed by atoms with E-state index < -0.39 is 12.1 Å². The minimum Gasteiger partial charge on any atom is -0.497 e. The number of imide groups is 1. The highest BCUT2D eigenvalue weighted by Gasteiger charge is 2.42. The van der Waals surface area contributed by atoms with Gasteiger partial charge in [0.15, 0.2) is 11.5 Å². The van der Waals surface area contributed by atoms with Crippen LogP contribution in [-0.2, 0) is 24.0 Å². The van der Waals surface area contributed by atoms with Crippen LogP contribution in [-0.4, -0.2) is 150 Å². The summed E-state index contributed by atoms with van der Waals surface area (Å²) >= 11 is 0. The number of likely N-dealkylation sites (tertiary alicyclic amines) is 2. The molecule has 2 saturated heterocycles. The topological polar surface area (TPSA) is 209 Å². The van der Waals surface area contributed by atoms with Crippen molar-refractivity contribution in [2.75, 3.05) is 52.4 Å². The lowest BCUT2D eigenvalue weighted by molar-refractivity contribution is -0.146. The third-order valence-electron chi connectivity index (χ3n) is 16.1. The molecule has 4 aromatic carbocycles. The van der Waals surface area contributed by atoms with Crippen molar-refractivity contribution < 1.29 is 52.5 Å². The van der Waals surface area contributed by atoms with Gasteiger partial charge in [0.1, 0.15) is 23.6 Å². The van der Waals surface area contributed by atoms with Gasteiger partial charge in [-0.15, -0.1) is 0 Å². The molecule has 2 fully saturated rings. The summed E-state index contributed by atoms with van der Waals surface area (Å²) in [5.41, 5.74) is 7.18. The number of methoxy groups -OCH3 is 2. The summed E-state index contributed by atoms with van der Waals surface area (Å²) in [6.45, 7) is 3.76. The average Bonchev–Trinajstić information content (AvgIpc) is 4.53. The molecule has 4 atom stereocenters. The number of rotatable bonds is 19. The number of fused-ring (bicyclic) bond motifs is 4. The minimum absolute atomic E-state index is 0.103. The molecule has 0 radical (unpaired) electrons. The van der Waals surface area contributed by atoms with E-state index in [2.05, 4.69) is 5.32 Å². The zero-order valence-corrected chi connectivity index (χ0v) is 45.6. The third kappa shape index (κ3) is 11.2. The standard InChI is InChI=1S/C62H64N8O11/c1-38-28-47-49(63-34-44-30-42(37-69(44)60(47)75)40-15-19-46(78-2)20-16-40)32-53(38)80-26-9-27-81-55-33-50-48(31-54(55)79-3)61(76)70-36-41(29-45(70)35-64-50)39-13-17-43(18-14-39)65-59(74)51-10-7-25-67(51)62(77)52-11-8-24-66(52)56(71)12-5-4-6-23-68-57(72)21-22-58(68)73/h13-22,28,31-37,44-45,51-52H,4-12,23-27,29-30H2,1-3H3,(H,65,74)/t44-,45-,51-,52?/m0/s1. The SMILES string of the molecule is COc1ccc(C2=CN3C(=O)c4cc(C)c(OCCCOc5cc6c(cc5OC)C(=O)N5C=C(c7ccc(NC(=O)[C@@H]8CCCN8C(=O)C8CCCN8C(=O)CCCCCN8C(=O)C=CC8=O)cc7)C[C@H]5C=N6)cc4N=C[C@@H]3C2)cc1. The van der Waals surface area contributed by atoms with Crippen molar-refractivity contribution in [1.82, 2.24) is 24.5 Å². The molecule has 11 rings (SSSR count). The fraction of sp³-hybridized carbons (Fsp3) is 0.371. The summed E-state index contributed by atoms with van der Waals surface area (Å²) in [6, 6.07) is 20.5. The molecule has 0 aromatic heterocycles. The van der Waals surface area contributed by atoms with E-state index >= 15 is 0 Å². The van der Waals surface area contributed by atoms with Crippen molar-refractivity contribution in [3.63, 3.8) is 0 Å². The number of benzene rings is 4. The predicted molar refractivity (Wildman–Crippen MR) is 303 cm³/mol. The Bertz CT molecular complexity index is 3330. The van der Waals surface area contributed by atoms with E-state index in [0.717, 1.165) is 33.6 Å². The highest BCUT2D eigenvalue weighted by Crippen LogP contribution is 2.41. The molecule has 7 aliphatic heterocycles. The van der Waals surface area contributed by atoms with Crippen LogP contribution >= 0.6 is 0 Å². The van der Waals surface area contributed by atoms with Crippen LogP contribution in [0.1, 0.15) is 108 Å². The van der Waals surface area contributed by atoms with E-state index in [1.54, 1.807) is 45.1 Å². The lowest BCUT2D eigenvalue weighted by Crippen LogP contribution is -2.51.